The Kier molecular flexibility index (Phi) is 5.04. The third-order valence-electron chi connectivity index (χ3n) is 5.63. The molecule has 26 heavy (non-hydrogen) atoms. The molecular weight excluding hydrogens is 416 g/mol. The number of fused-ring (bicyclic) bond motifs is 2. The molecule has 0 spiro atoms. The number of benzene rings is 2. The van der Waals surface area contributed by atoms with Crippen molar-refractivity contribution in [3.63, 3.8) is 0 Å². The van der Waals surface area contributed by atoms with Gasteiger partial charge in [0.25, 0.3) is 5.69 Å². The van der Waals surface area contributed by atoms with Gasteiger partial charge in [-0.25, -0.2) is 0 Å². The molecule has 2 aromatic rings. The van der Waals surface area contributed by atoms with Crippen molar-refractivity contribution in [2.24, 2.45) is 5.92 Å². The van der Waals surface area contributed by atoms with Gasteiger partial charge in [-0.2, -0.15) is 0 Å². The Bertz CT molecular complexity index is 844. The van der Waals surface area contributed by atoms with Crippen molar-refractivity contribution in [1.82, 2.24) is 4.90 Å². The lowest BCUT2D eigenvalue weighted by atomic mass is 9.79. The number of nitro benzene ring substituents is 1. The van der Waals surface area contributed by atoms with E-state index in [-0.39, 0.29) is 16.0 Å². The van der Waals surface area contributed by atoms with Crippen molar-refractivity contribution < 1.29 is 4.92 Å². The average molecular weight is 436 g/mol. The van der Waals surface area contributed by atoms with Gasteiger partial charge in [0.15, 0.2) is 0 Å². The van der Waals surface area contributed by atoms with E-state index in [0.717, 1.165) is 48.0 Å². The number of nitrogens with zero attached hydrogens (tertiary/aromatic N) is 2. The summed E-state index contributed by atoms with van der Waals surface area (Å²) in [5.41, 5.74) is 3.54. The summed E-state index contributed by atoms with van der Waals surface area (Å²) in [5, 5.41) is 11.1. The van der Waals surface area contributed by atoms with Crippen LogP contribution in [0.5, 0.6) is 0 Å². The zero-order valence-electron chi connectivity index (χ0n) is 14.3. The minimum Gasteiger partial charge on any atom is -0.295 e. The molecule has 2 aliphatic heterocycles. The second-order valence-electron chi connectivity index (χ2n) is 7.30. The molecule has 0 saturated carbocycles. The second kappa shape index (κ2) is 7.29. The lowest BCUT2D eigenvalue weighted by Crippen LogP contribution is -2.46. The summed E-state index contributed by atoms with van der Waals surface area (Å²) in [5.74, 6) is 0.376. The SMILES string of the molecule is O=[N+]([O-])c1ccc2c(c1)CC1CCC(CN1Cc1cccc(Br)c1)C2Cl. The normalized spacial score (nSPS) is 25.4. The van der Waals surface area contributed by atoms with Crippen molar-refractivity contribution in [2.75, 3.05) is 6.54 Å². The molecule has 5 rings (SSSR count). The van der Waals surface area contributed by atoms with Crippen LogP contribution in [0.2, 0.25) is 0 Å². The first-order chi connectivity index (χ1) is 12.5. The number of non-ortho nitro benzene ring substituents is 1. The largest absolute Gasteiger partial charge is 0.295 e. The summed E-state index contributed by atoms with van der Waals surface area (Å²) >= 11 is 10.4. The highest BCUT2D eigenvalue weighted by molar-refractivity contribution is 9.10. The van der Waals surface area contributed by atoms with Crippen LogP contribution in [0.3, 0.4) is 0 Å². The molecule has 3 unspecified atom stereocenters. The van der Waals surface area contributed by atoms with Crippen molar-refractivity contribution in [3.05, 3.63) is 73.7 Å². The van der Waals surface area contributed by atoms with E-state index in [1.165, 1.54) is 5.56 Å². The van der Waals surface area contributed by atoms with Crippen LogP contribution in [0.15, 0.2) is 46.9 Å². The van der Waals surface area contributed by atoms with E-state index in [0.29, 0.717) is 12.0 Å². The van der Waals surface area contributed by atoms with E-state index in [1.807, 2.05) is 12.1 Å². The number of hydrogen-bond donors (Lipinski definition) is 0. The fourth-order valence-electron chi connectivity index (χ4n) is 4.32. The van der Waals surface area contributed by atoms with Crippen LogP contribution >= 0.6 is 27.5 Å². The molecule has 3 atom stereocenters. The quantitative estimate of drug-likeness (QED) is 0.365. The highest BCUT2D eigenvalue weighted by atomic mass is 79.9. The number of piperidine rings is 1. The predicted molar refractivity (Wildman–Crippen MR) is 106 cm³/mol. The molecule has 136 valence electrons. The molecule has 0 amide bonds. The molecule has 1 saturated heterocycles. The number of nitro groups is 1. The van der Waals surface area contributed by atoms with Crippen LogP contribution in [0.25, 0.3) is 0 Å². The van der Waals surface area contributed by atoms with Crippen LogP contribution in [-0.2, 0) is 13.0 Å². The monoisotopic (exact) mass is 434 g/mol. The Morgan fingerprint density at radius 3 is 2.85 bits per heavy atom. The molecule has 2 bridgehead atoms. The van der Waals surface area contributed by atoms with Gasteiger partial charge >= 0.3 is 0 Å². The van der Waals surface area contributed by atoms with E-state index in [2.05, 4.69) is 39.0 Å². The fraction of sp³-hybridized carbons (Fsp3) is 0.400. The summed E-state index contributed by atoms with van der Waals surface area (Å²) < 4.78 is 1.09. The Hall–Kier alpha value is -1.43. The molecule has 2 aromatic carbocycles. The van der Waals surface area contributed by atoms with Crippen molar-refractivity contribution in [2.45, 2.75) is 37.2 Å². The molecule has 1 fully saturated rings. The summed E-state index contributed by atoms with van der Waals surface area (Å²) in [6.07, 6.45) is 3.02. The van der Waals surface area contributed by atoms with E-state index >= 15 is 0 Å². The lowest BCUT2D eigenvalue weighted by Gasteiger charge is -2.44. The molecule has 4 nitrogen and oxygen atoms in total. The second-order valence-corrected chi connectivity index (χ2v) is 8.68. The summed E-state index contributed by atoms with van der Waals surface area (Å²) in [6.45, 7) is 1.86. The number of rotatable bonds is 3. The highest BCUT2D eigenvalue weighted by Gasteiger charge is 2.37. The molecule has 3 aliphatic rings. The summed E-state index contributed by atoms with van der Waals surface area (Å²) in [7, 11) is 0. The highest BCUT2D eigenvalue weighted by Crippen LogP contribution is 2.43. The molecule has 2 heterocycles. The van der Waals surface area contributed by atoms with Crippen LogP contribution in [-0.4, -0.2) is 22.4 Å². The van der Waals surface area contributed by atoms with E-state index in [1.54, 1.807) is 12.1 Å². The van der Waals surface area contributed by atoms with Gasteiger partial charge in [0.05, 0.1) is 10.3 Å². The zero-order chi connectivity index (χ0) is 18.3. The zero-order valence-corrected chi connectivity index (χ0v) is 16.6. The van der Waals surface area contributed by atoms with Gasteiger partial charge in [0, 0.05) is 35.7 Å². The Morgan fingerprint density at radius 1 is 1.23 bits per heavy atom. The first-order valence-corrected chi connectivity index (χ1v) is 10.1. The Morgan fingerprint density at radius 2 is 2.08 bits per heavy atom. The summed E-state index contributed by atoms with van der Waals surface area (Å²) in [6, 6.07) is 14.0. The minimum absolute atomic E-state index is 0.0861. The molecule has 0 aromatic heterocycles. The van der Waals surface area contributed by atoms with Crippen molar-refractivity contribution >= 4 is 33.2 Å². The molecule has 6 heteroatoms. The first-order valence-electron chi connectivity index (χ1n) is 8.91. The molecule has 1 aliphatic carbocycles. The molecular formula is C20H20BrClN2O2. The third-order valence-corrected chi connectivity index (χ3v) is 6.72. The smallest absolute Gasteiger partial charge is 0.269 e. The van der Waals surface area contributed by atoms with Gasteiger partial charge < -0.3 is 0 Å². The van der Waals surface area contributed by atoms with Gasteiger partial charge in [-0.1, -0.05) is 34.1 Å². The van der Waals surface area contributed by atoms with Crippen LogP contribution in [0, 0.1) is 16.0 Å². The van der Waals surface area contributed by atoms with Gasteiger partial charge in [-0.3, -0.25) is 15.0 Å². The van der Waals surface area contributed by atoms with Crippen LogP contribution in [0.4, 0.5) is 5.69 Å². The lowest BCUT2D eigenvalue weighted by molar-refractivity contribution is -0.384. The topological polar surface area (TPSA) is 46.4 Å². The van der Waals surface area contributed by atoms with Crippen LogP contribution in [0.1, 0.15) is 34.9 Å². The number of alkyl halides is 1. The van der Waals surface area contributed by atoms with Gasteiger partial charge in [-0.15, -0.1) is 11.6 Å². The van der Waals surface area contributed by atoms with Crippen LogP contribution < -0.4 is 0 Å². The average Bonchev–Trinajstić information content (AvgIpc) is 2.61. The predicted octanol–water partition coefficient (Wildman–Crippen LogP) is 5.47. The third kappa shape index (κ3) is 3.53. The number of halogens is 2. The number of hydrogen-bond acceptors (Lipinski definition) is 3. The standard InChI is InChI=1S/C20H20BrClN2O2/c21-16-3-1-2-13(8-16)11-23-12-14-4-5-17(23)9-15-10-18(24(25)26)6-7-19(15)20(14)22/h1-3,6-8,10,14,17,20H,4-5,9,11-12H2. The molecule has 0 N–H and O–H groups in total. The van der Waals surface area contributed by atoms with Crippen molar-refractivity contribution in [1.29, 1.82) is 0 Å². The maximum Gasteiger partial charge on any atom is 0.269 e. The summed E-state index contributed by atoms with van der Waals surface area (Å²) in [4.78, 5) is 13.4. The first kappa shape index (κ1) is 18.0. The van der Waals surface area contributed by atoms with E-state index in [9.17, 15) is 10.1 Å². The molecule has 0 radical (unpaired) electrons. The Labute approximate surface area is 166 Å². The van der Waals surface area contributed by atoms with Gasteiger partial charge in [0.1, 0.15) is 0 Å². The van der Waals surface area contributed by atoms with E-state index in [4.69, 9.17) is 11.6 Å². The van der Waals surface area contributed by atoms with E-state index < -0.39 is 0 Å². The maximum absolute atomic E-state index is 11.2. The fourth-order valence-corrected chi connectivity index (χ4v) is 5.19. The van der Waals surface area contributed by atoms with Gasteiger partial charge in [0.2, 0.25) is 0 Å². The van der Waals surface area contributed by atoms with Gasteiger partial charge in [-0.05, 0) is 54.0 Å². The Balaban J connectivity index is 1.65. The van der Waals surface area contributed by atoms with Crippen molar-refractivity contribution in [3.8, 4) is 0 Å². The maximum atomic E-state index is 11.2. The minimum atomic E-state index is -0.320.